The third-order valence-electron chi connectivity index (χ3n) is 3.34. The molecule has 2 rings (SSSR count). The summed E-state index contributed by atoms with van der Waals surface area (Å²) in [6, 6.07) is 5.28. The van der Waals surface area contributed by atoms with Crippen LogP contribution >= 0.6 is 0 Å². The van der Waals surface area contributed by atoms with Gasteiger partial charge >= 0.3 is 5.97 Å². The SMILES string of the molecule is CCOC(=O)C1=C(O)C(=Cc2ccc(OC)cc2OC)N=C1C. The highest BCUT2D eigenvalue weighted by atomic mass is 16.5. The van der Waals surface area contributed by atoms with Gasteiger partial charge in [-0.1, -0.05) is 0 Å². The van der Waals surface area contributed by atoms with E-state index in [0.29, 0.717) is 22.8 Å². The number of esters is 1. The number of ether oxygens (including phenoxy) is 3. The van der Waals surface area contributed by atoms with Crippen molar-refractivity contribution in [3.05, 3.63) is 40.8 Å². The topological polar surface area (TPSA) is 77.4 Å². The second kappa shape index (κ2) is 7.00. The van der Waals surface area contributed by atoms with E-state index in [4.69, 9.17) is 14.2 Å². The van der Waals surface area contributed by atoms with E-state index in [1.807, 2.05) is 0 Å². The normalized spacial score (nSPS) is 15.7. The van der Waals surface area contributed by atoms with Gasteiger partial charge in [-0.3, -0.25) is 0 Å². The number of rotatable bonds is 5. The first-order valence-electron chi connectivity index (χ1n) is 7.11. The van der Waals surface area contributed by atoms with E-state index in [2.05, 4.69) is 4.99 Å². The molecule has 23 heavy (non-hydrogen) atoms. The van der Waals surface area contributed by atoms with Gasteiger partial charge in [-0.2, -0.15) is 0 Å². The van der Waals surface area contributed by atoms with Gasteiger partial charge in [-0.05, 0) is 32.1 Å². The highest BCUT2D eigenvalue weighted by Crippen LogP contribution is 2.31. The highest BCUT2D eigenvalue weighted by Gasteiger charge is 2.27. The van der Waals surface area contributed by atoms with Crippen LogP contribution in [0.25, 0.3) is 6.08 Å². The monoisotopic (exact) mass is 317 g/mol. The summed E-state index contributed by atoms with van der Waals surface area (Å²) in [5, 5.41) is 10.3. The van der Waals surface area contributed by atoms with Crippen molar-refractivity contribution in [2.45, 2.75) is 13.8 Å². The molecule has 0 amide bonds. The van der Waals surface area contributed by atoms with Crippen molar-refractivity contribution in [1.82, 2.24) is 0 Å². The Morgan fingerprint density at radius 2 is 2.04 bits per heavy atom. The minimum Gasteiger partial charge on any atom is -0.505 e. The van der Waals surface area contributed by atoms with E-state index in [-0.39, 0.29) is 23.6 Å². The molecule has 0 atom stereocenters. The molecule has 6 heteroatoms. The fourth-order valence-corrected chi connectivity index (χ4v) is 2.22. The Morgan fingerprint density at radius 3 is 2.65 bits per heavy atom. The van der Waals surface area contributed by atoms with Gasteiger partial charge in [0.05, 0.1) is 26.5 Å². The van der Waals surface area contributed by atoms with E-state index in [0.717, 1.165) is 0 Å². The Morgan fingerprint density at radius 1 is 1.30 bits per heavy atom. The Kier molecular flexibility index (Phi) is 5.05. The first-order chi connectivity index (χ1) is 11.0. The van der Waals surface area contributed by atoms with Crippen LogP contribution < -0.4 is 9.47 Å². The average molecular weight is 317 g/mol. The largest absolute Gasteiger partial charge is 0.505 e. The van der Waals surface area contributed by atoms with Gasteiger partial charge in [0.1, 0.15) is 22.8 Å². The molecule has 1 aliphatic rings. The first-order valence-corrected chi connectivity index (χ1v) is 7.11. The number of aliphatic hydroxyl groups is 1. The molecule has 0 spiro atoms. The lowest BCUT2D eigenvalue weighted by atomic mass is 10.1. The zero-order chi connectivity index (χ0) is 17.0. The number of hydrogen-bond acceptors (Lipinski definition) is 6. The minimum atomic E-state index is -0.587. The lowest BCUT2D eigenvalue weighted by molar-refractivity contribution is -0.138. The molecule has 0 unspecified atom stereocenters. The summed E-state index contributed by atoms with van der Waals surface area (Å²) in [6.07, 6.45) is 1.64. The predicted octanol–water partition coefficient (Wildman–Crippen LogP) is 2.89. The molecule has 1 N–H and O–H groups in total. The van der Waals surface area contributed by atoms with Crippen molar-refractivity contribution >= 4 is 17.8 Å². The number of aliphatic hydroxyl groups excluding tert-OH is 1. The lowest BCUT2D eigenvalue weighted by Crippen LogP contribution is -2.13. The summed E-state index contributed by atoms with van der Waals surface area (Å²) in [6.45, 7) is 3.58. The summed E-state index contributed by atoms with van der Waals surface area (Å²) in [5.41, 5.74) is 1.50. The second-order valence-electron chi connectivity index (χ2n) is 4.78. The van der Waals surface area contributed by atoms with Crippen LogP contribution in [0.4, 0.5) is 0 Å². The first kappa shape index (κ1) is 16.6. The van der Waals surface area contributed by atoms with Gasteiger partial charge in [0.25, 0.3) is 0 Å². The fraction of sp³-hybridized carbons (Fsp3) is 0.294. The Balaban J connectivity index is 2.43. The van der Waals surface area contributed by atoms with Crippen molar-refractivity contribution in [1.29, 1.82) is 0 Å². The smallest absolute Gasteiger partial charge is 0.343 e. The van der Waals surface area contributed by atoms with Crippen molar-refractivity contribution < 1.29 is 24.1 Å². The van der Waals surface area contributed by atoms with Crippen LogP contribution in [0, 0.1) is 0 Å². The van der Waals surface area contributed by atoms with E-state index in [1.54, 1.807) is 52.3 Å². The number of carbonyl (C=O) groups excluding carboxylic acids is 1. The standard InChI is InChI=1S/C17H19NO5/c1-5-23-17(20)15-10(2)18-13(16(15)19)8-11-6-7-12(21-3)9-14(11)22-4/h6-9,19H,5H2,1-4H3. The van der Waals surface area contributed by atoms with Gasteiger partial charge < -0.3 is 19.3 Å². The van der Waals surface area contributed by atoms with E-state index < -0.39 is 5.97 Å². The van der Waals surface area contributed by atoms with Crippen molar-refractivity contribution in [2.24, 2.45) is 4.99 Å². The van der Waals surface area contributed by atoms with Gasteiger partial charge in [0, 0.05) is 11.6 Å². The molecule has 122 valence electrons. The van der Waals surface area contributed by atoms with Gasteiger partial charge in [-0.15, -0.1) is 0 Å². The van der Waals surface area contributed by atoms with Crippen molar-refractivity contribution in [3.8, 4) is 11.5 Å². The maximum atomic E-state index is 11.9. The summed E-state index contributed by atoms with van der Waals surface area (Å²) < 4.78 is 15.4. The highest BCUT2D eigenvalue weighted by molar-refractivity contribution is 6.22. The summed E-state index contributed by atoms with van der Waals surface area (Å²) in [5.74, 6) is 0.444. The van der Waals surface area contributed by atoms with Crippen LogP contribution in [0.5, 0.6) is 11.5 Å². The molecule has 0 aromatic heterocycles. The van der Waals surface area contributed by atoms with Gasteiger partial charge in [-0.25, -0.2) is 9.79 Å². The average Bonchev–Trinajstić information content (AvgIpc) is 2.82. The quantitative estimate of drug-likeness (QED) is 0.845. The van der Waals surface area contributed by atoms with E-state index >= 15 is 0 Å². The molecule has 6 nitrogen and oxygen atoms in total. The van der Waals surface area contributed by atoms with Crippen LogP contribution in [0.1, 0.15) is 19.4 Å². The molecule has 0 fully saturated rings. The van der Waals surface area contributed by atoms with Crippen LogP contribution in [-0.4, -0.2) is 37.6 Å². The molecule has 0 saturated heterocycles. The number of methoxy groups -OCH3 is 2. The third kappa shape index (κ3) is 3.36. The molecule has 1 aromatic rings. The number of carbonyl (C=O) groups is 1. The predicted molar refractivity (Wildman–Crippen MR) is 86.9 cm³/mol. The molecular weight excluding hydrogens is 298 g/mol. The molecule has 0 radical (unpaired) electrons. The number of hydrogen-bond donors (Lipinski definition) is 1. The van der Waals surface area contributed by atoms with Crippen molar-refractivity contribution in [3.63, 3.8) is 0 Å². The zero-order valence-corrected chi connectivity index (χ0v) is 13.5. The summed E-state index contributed by atoms with van der Waals surface area (Å²) in [4.78, 5) is 16.1. The molecule has 1 heterocycles. The van der Waals surface area contributed by atoms with Gasteiger partial charge in [0.2, 0.25) is 0 Å². The van der Waals surface area contributed by atoms with E-state index in [1.165, 1.54) is 0 Å². The zero-order valence-electron chi connectivity index (χ0n) is 13.5. The maximum Gasteiger partial charge on any atom is 0.343 e. The van der Waals surface area contributed by atoms with E-state index in [9.17, 15) is 9.90 Å². The minimum absolute atomic E-state index is 0.0885. The van der Waals surface area contributed by atoms with Crippen LogP contribution in [0.15, 0.2) is 40.2 Å². The molecule has 0 saturated carbocycles. The molecule has 0 aliphatic carbocycles. The van der Waals surface area contributed by atoms with Crippen LogP contribution in [0.2, 0.25) is 0 Å². The number of nitrogens with zero attached hydrogens (tertiary/aromatic N) is 1. The Hall–Kier alpha value is -2.76. The summed E-state index contributed by atoms with van der Waals surface area (Å²) >= 11 is 0. The van der Waals surface area contributed by atoms with Crippen LogP contribution in [-0.2, 0) is 9.53 Å². The summed E-state index contributed by atoms with van der Waals surface area (Å²) in [7, 11) is 3.11. The molecule has 1 aromatic carbocycles. The van der Waals surface area contributed by atoms with Gasteiger partial charge in [0.15, 0.2) is 5.76 Å². The molecule has 1 aliphatic heterocycles. The maximum absolute atomic E-state index is 11.9. The molecule has 0 bridgehead atoms. The Bertz CT molecular complexity index is 716. The second-order valence-corrected chi connectivity index (χ2v) is 4.78. The van der Waals surface area contributed by atoms with Crippen LogP contribution in [0.3, 0.4) is 0 Å². The fourth-order valence-electron chi connectivity index (χ4n) is 2.22. The third-order valence-corrected chi connectivity index (χ3v) is 3.34. The Labute approximate surface area is 134 Å². The van der Waals surface area contributed by atoms with Crippen molar-refractivity contribution in [2.75, 3.05) is 20.8 Å². The number of aliphatic imine (C=N–C) groups is 1. The number of benzene rings is 1. The molecular formula is C17H19NO5. The lowest BCUT2D eigenvalue weighted by Gasteiger charge is -2.08.